The molecule has 0 amide bonds. The van der Waals surface area contributed by atoms with E-state index in [1.807, 2.05) is 42.5 Å². The van der Waals surface area contributed by atoms with Gasteiger partial charge in [0.15, 0.2) is 11.5 Å². The zero-order valence-electron chi connectivity index (χ0n) is 22.3. The second kappa shape index (κ2) is 12.7. The molecule has 1 unspecified atom stereocenters. The number of rotatable bonds is 9. The Labute approximate surface area is 234 Å². The average molecular weight is 559 g/mol. The summed E-state index contributed by atoms with van der Waals surface area (Å²) >= 11 is 0. The number of ether oxygens (including phenoxy) is 3. The number of allylic oxidation sites excluding steroid dienone is 2. The molecule has 1 N–H and O–H groups in total. The van der Waals surface area contributed by atoms with Gasteiger partial charge >= 0.3 is 0 Å². The van der Waals surface area contributed by atoms with Crippen LogP contribution in [0.15, 0.2) is 88.7 Å². The van der Waals surface area contributed by atoms with Crippen LogP contribution in [0.1, 0.15) is 30.5 Å². The number of hydrogen-bond acceptors (Lipinski definition) is 6. The molecule has 1 heterocycles. The first kappa shape index (κ1) is 28.8. The van der Waals surface area contributed by atoms with Gasteiger partial charge in [0.25, 0.3) is 0 Å². The second-order valence-electron chi connectivity index (χ2n) is 8.93. The molecule has 0 aliphatic carbocycles. The number of nitrogens with zero attached hydrogens (tertiary/aromatic N) is 3. The first-order chi connectivity index (χ1) is 17.9. The van der Waals surface area contributed by atoms with Crippen molar-refractivity contribution in [3.8, 4) is 17.2 Å². The number of aliphatic hydroxyl groups excluding tert-OH is 1. The van der Waals surface area contributed by atoms with Crippen LogP contribution in [0.25, 0.3) is 0 Å². The predicted molar refractivity (Wildman–Crippen MR) is 149 cm³/mol. The Kier molecular flexibility index (Phi) is 9.60. The van der Waals surface area contributed by atoms with Crippen molar-refractivity contribution in [1.29, 1.82) is 0 Å². The Morgan fingerprint density at radius 1 is 0.947 bits per heavy atom. The van der Waals surface area contributed by atoms with Gasteiger partial charge in [0.1, 0.15) is 5.75 Å². The van der Waals surface area contributed by atoms with Crippen molar-refractivity contribution in [2.45, 2.75) is 25.7 Å². The minimum atomic E-state index is -0.392. The third-order valence-corrected chi connectivity index (χ3v) is 6.75. The van der Waals surface area contributed by atoms with Gasteiger partial charge in [-0.2, -0.15) is 5.10 Å². The molecule has 0 saturated heterocycles. The summed E-state index contributed by atoms with van der Waals surface area (Å²) in [5, 5.41) is 18.4. The minimum Gasteiger partial charge on any atom is -0.497 e. The fraction of sp³-hybridized carbons (Fsp3) is 0.267. The van der Waals surface area contributed by atoms with E-state index in [0.29, 0.717) is 23.5 Å². The molecule has 0 aromatic heterocycles. The van der Waals surface area contributed by atoms with Crippen LogP contribution in [0.4, 0.5) is 5.69 Å². The molecular formula is C30H33CoN3O4. The zero-order valence-corrected chi connectivity index (χ0v) is 23.3. The maximum absolute atomic E-state index is 10.3. The number of methoxy groups -OCH3 is 3. The van der Waals surface area contributed by atoms with E-state index in [1.54, 1.807) is 39.7 Å². The molecule has 201 valence electrons. The zero-order chi connectivity index (χ0) is 26.4. The van der Waals surface area contributed by atoms with E-state index < -0.39 is 5.41 Å². The molecule has 1 atom stereocenters. The number of anilines is 1. The Morgan fingerprint density at radius 3 is 2.34 bits per heavy atom. The molecule has 38 heavy (non-hydrogen) atoms. The minimum absolute atomic E-state index is 0. The first-order valence-corrected chi connectivity index (χ1v) is 12.2. The standard InChI is InChI=1S/C30H33N3O4.Co/c1-6-33-25-14-13-23(35-3)19-24(25)30(2,20-21-12-15-26(36-4)27(18-21)37-5)28(33)16-17-31-32-29(34)22-10-8-7-9-11-22;/h7-19H,6,20H2,1-5H3,(H,32,34);/b28-16-,31-17+;. The molecule has 4 rings (SSSR count). The Balaban J connectivity index is 0.00000400. The van der Waals surface area contributed by atoms with Gasteiger partial charge in [0, 0.05) is 45.7 Å². The quantitative estimate of drug-likeness (QED) is 0.200. The van der Waals surface area contributed by atoms with E-state index in [2.05, 4.69) is 47.1 Å². The van der Waals surface area contributed by atoms with Crippen molar-refractivity contribution in [3.05, 3.63) is 95.2 Å². The number of likely N-dealkylation sites (N-methyl/N-ethyl adjacent to an activating group) is 1. The molecule has 8 heteroatoms. The number of benzene rings is 3. The van der Waals surface area contributed by atoms with Crippen molar-refractivity contribution in [3.63, 3.8) is 0 Å². The van der Waals surface area contributed by atoms with Crippen molar-refractivity contribution in [2.75, 3.05) is 32.8 Å². The van der Waals surface area contributed by atoms with E-state index >= 15 is 0 Å². The molecule has 0 bridgehead atoms. The second-order valence-corrected chi connectivity index (χ2v) is 8.93. The third-order valence-electron chi connectivity index (χ3n) is 6.75. The van der Waals surface area contributed by atoms with Crippen LogP contribution >= 0.6 is 0 Å². The maximum Gasteiger partial charge on any atom is 0.238 e. The van der Waals surface area contributed by atoms with E-state index in [1.165, 1.54) is 5.56 Å². The summed E-state index contributed by atoms with van der Waals surface area (Å²) in [6.45, 7) is 5.13. The van der Waals surface area contributed by atoms with E-state index in [-0.39, 0.29) is 22.7 Å². The summed E-state index contributed by atoms with van der Waals surface area (Å²) in [7, 11) is 4.96. The van der Waals surface area contributed by atoms with Crippen molar-refractivity contribution in [2.24, 2.45) is 10.2 Å². The summed E-state index contributed by atoms with van der Waals surface area (Å²) in [6.07, 6.45) is 4.31. The van der Waals surface area contributed by atoms with Crippen LogP contribution in [-0.2, 0) is 28.6 Å². The molecule has 3 aromatic carbocycles. The van der Waals surface area contributed by atoms with Gasteiger partial charge in [-0.1, -0.05) is 24.3 Å². The van der Waals surface area contributed by atoms with Crippen molar-refractivity contribution < 1.29 is 36.1 Å². The predicted octanol–water partition coefficient (Wildman–Crippen LogP) is 5.92. The van der Waals surface area contributed by atoms with Gasteiger partial charge in [-0.15, -0.1) is 5.10 Å². The molecule has 7 nitrogen and oxygen atoms in total. The Morgan fingerprint density at radius 2 is 1.68 bits per heavy atom. The van der Waals surface area contributed by atoms with Crippen LogP contribution in [-0.4, -0.2) is 45.1 Å². The summed E-state index contributed by atoms with van der Waals surface area (Å²) < 4.78 is 16.6. The van der Waals surface area contributed by atoms with Crippen LogP contribution in [0.2, 0.25) is 0 Å². The molecular weight excluding hydrogens is 525 g/mol. The van der Waals surface area contributed by atoms with Crippen LogP contribution in [0.3, 0.4) is 0 Å². The molecule has 1 aliphatic heterocycles. The summed E-state index contributed by atoms with van der Waals surface area (Å²) in [6, 6.07) is 21.3. The first-order valence-electron chi connectivity index (χ1n) is 12.2. The average Bonchev–Trinajstić information content (AvgIpc) is 3.17. The van der Waals surface area contributed by atoms with E-state index in [9.17, 15) is 5.11 Å². The molecule has 3 aromatic rings. The summed E-state index contributed by atoms with van der Waals surface area (Å²) in [5.41, 5.74) is 4.69. The van der Waals surface area contributed by atoms with E-state index in [0.717, 1.165) is 29.2 Å². The Hall–Kier alpha value is -3.75. The number of fused-ring (bicyclic) bond motifs is 1. The van der Waals surface area contributed by atoms with Crippen LogP contribution in [0, 0.1) is 0 Å². The maximum atomic E-state index is 10.3. The SMILES string of the molecule is CCN1\C(=C/C=N/N=C(\O)c2ccccc2)C(C)(Cc2ccc(OC)c(OC)c2)c2cc(OC)ccc21.[Co]. The van der Waals surface area contributed by atoms with Gasteiger partial charge < -0.3 is 24.2 Å². The molecule has 1 radical (unpaired) electrons. The van der Waals surface area contributed by atoms with Gasteiger partial charge in [0.2, 0.25) is 5.90 Å². The van der Waals surface area contributed by atoms with Crippen molar-refractivity contribution >= 4 is 17.8 Å². The third kappa shape index (κ3) is 5.71. The fourth-order valence-corrected chi connectivity index (χ4v) is 4.92. The molecule has 0 fully saturated rings. The van der Waals surface area contributed by atoms with Gasteiger partial charge in [-0.3, -0.25) is 0 Å². The topological polar surface area (TPSA) is 75.9 Å². The largest absolute Gasteiger partial charge is 0.497 e. The van der Waals surface area contributed by atoms with Gasteiger partial charge in [-0.05, 0) is 79.9 Å². The molecule has 1 aliphatic rings. The van der Waals surface area contributed by atoms with Gasteiger partial charge in [0.05, 0.1) is 27.5 Å². The Bertz CT molecular complexity index is 1340. The molecule has 0 spiro atoms. The molecule has 0 saturated carbocycles. The smallest absolute Gasteiger partial charge is 0.238 e. The monoisotopic (exact) mass is 558 g/mol. The number of aliphatic hydroxyl groups is 1. The number of hydrogen-bond donors (Lipinski definition) is 1. The van der Waals surface area contributed by atoms with Crippen LogP contribution in [0.5, 0.6) is 17.2 Å². The van der Waals surface area contributed by atoms with Gasteiger partial charge in [-0.25, -0.2) is 0 Å². The van der Waals surface area contributed by atoms with Crippen LogP contribution < -0.4 is 19.1 Å². The normalized spacial score (nSPS) is 17.9. The summed E-state index contributed by atoms with van der Waals surface area (Å²) in [4.78, 5) is 2.28. The van der Waals surface area contributed by atoms with Crippen molar-refractivity contribution in [1.82, 2.24) is 0 Å². The fourth-order valence-electron chi connectivity index (χ4n) is 4.92. The summed E-state index contributed by atoms with van der Waals surface area (Å²) in [5.74, 6) is 2.06. The van der Waals surface area contributed by atoms with E-state index in [4.69, 9.17) is 14.2 Å².